The number of hydrogen-bond donors (Lipinski definition) is 0. The molecule has 0 nitrogen and oxygen atoms in total. The van der Waals surface area contributed by atoms with Crippen LogP contribution in [-0.2, 0) is 0 Å². The predicted octanol–water partition coefficient (Wildman–Crippen LogP) is 3.60. The van der Waals surface area contributed by atoms with Gasteiger partial charge in [0.05, 0.1) is 0 Å². The Morgan fingerprint density at radius 2 is 2.33 bits per heavy atom. The van der Waals surface area contributed by atoms with Gasteiger partial charge in [0.2, 0.25) is 0 Å². The zero-order chi connectivity index (χ0) is 9.03. The summed E-state index contributed by atoms with van der Waals surface area (Å²) in [4.78, 5) is 0. The molecule has 0 aliphatic heterocycles. The van der Waals surface area contributed by atoms with Gasteiger partial charge < -0.3 is 0 Å². The average molecular weight is 161 g/mol. The standard InChI is InChI=1S/C11H18B/c1-4-5-10-6-8-11(2,12-3)9-7-10/h6-8H,4-5,9H2,1-3H3. The molecule has 0 saturated heterocycles. The second kappa shape index (κ2) is 3.98. The topological polar surface area (TPSA) is 0 Å². The zero-order valence-corrected chi connectivity index (χ0v) is 8.43. The molecule has 0 heterocycles. The van der Waals surface area contributed by atoms with Crippen LogP contribution < -0.4 is 0 Å². The van der Waals surface area contributed by atoms with Crippen LogP contribution in [0, 0.1) is 0 Å². The Morgan fingerprint density at radius 1 is 1.58 bits per heavy atom. The summed E-state index contributed by atoms with van der Waals surface area (Å²) in [7, 11) is 2.28. The normalized spacial score (nSPS) is 28.4. The molecule has 1 unspecified atom stereocenters. The van der Waals surface area contributed by atoms with Gasteiger partial charge in [0.15, 0.2) is 0 Å². The van der Waals surface area contributed by atoms with Gasteiger partial charge in [-0.25, -0.2) is 0 Å². The van der Waals surface area contributed by atoms with Gasteiger partial charge in [-0.3, -0.25) is 0 Å². The van der Waals surface area contributed by atoms with E-state index >= 15 is 0 Å². The van der Waals surface area contributed by atoms with Crippen molar-refractivity contribution in [3.05, 3.63) is 23.8 Å². The second-order valence-electron chi connectivity index (χ2n) is 3.86. The van der Waals surface area contributed by atoms with Crippen molar-refractivity contribution < 1.29 is 0 Å². The third kappa shape index (κ3) is 2.26. The lowest BCUT2D eigenvalue weighted by molar-refractivity contribution is 0.738. The van der Waals surface area contributed by atoms with Crippen molar-refractivity contribution in [2.75, 3.05) is 0 Å². The van der Waals surface area contributed by atoms with Crippen molar-refractivity contribution in [1.82, 2.24) is 0 Å². The van der Waals surface area contributed by atoms with Crippen molar-refractivity contribution in [2.45, 2.75) is 45.2 Å². The lowest BCUT2D eigenvalue weighted by atomic mass is 9.52. The predicted molar refractivity (Wildman–Crippen MR) is 56.7 cm³/mol. The molecule has 0 aromatic rings. The molecule has 0 N–H and O–H groups in total. The Bertz CT molecular complexity index is 203. The average Bonchev–Trinajstić information content (AvgIpc) is 2.10. The fourth-order valence-corrected chi connectivity index (χ4v) is 1.47. The van der Waals surface area contributed by atoms with E-state index in [0.29, 0.717) is 5.31 Å². The van der Waals surface area contributed by atoms with Gasteiger partial charge >= 0.3 is 0 Å². The first-order valence-corrected chi connectivity index (χ1v) is 4.89. The number of rotatable bonds is 3. The SMILES string of the molecule is C[B]C1(C)C=CC(CCC)=CC1. The monoisotopic (exact) mass is 161 g/mol. The maximum absolute atomic E-state index is 2.38. The quantitative estimate of drug-likeness (QED) is 0.554. The van der Waals surface area contributed by atoms with E-state index < -0.39 is 0 Å². The molecular formula is C11H18B. The molecule has 0 saturated carbocycles. The molecule has 1 atom stereocenters. The third-order valence-corrected chi connectivity index (χ3v) is 2.68. The van der Waals surface area contributed by atoms with Crippen LogP contribution in [-0.4, -0.2) is 7.28 Å². The zero-order valence-electron chi connectivity index (χ0n) is 8.43. The Morgan fingerprint density at radius 3 is 2.75 bits per heavy atom. The maximum atomic E-state index is 2.38. The molecule has 12 heavy (non-hydrogen) atoms. The van der Waals surface area contributed by atoms with Gasteiger partial charge in [-0.2, -0.15) is 0 Å². The molecule has 1 aliphatic rings. The smallest absolute Gasteiger partial charge is 0.0911 e. The minimum atomic E-state index is 0.317. The van der Waals surface area contributed by atoms with Crippen molar-refractivity contribution >= 4 is 7.28 Å². The molecule has 1 heteroatoms. The van der Waals surface area contributed by atoms with Crippen molar-refractivity contribution in [3.63, 3.8) is 0 Å². The summed E-state index contributed by atoms with van der Waals surface area (Å²) < 4.78 is 0. The minimum Gasteiger partial charge on any atom is -0.0911 e. The van der Waals surface area contributed by atoms with E-state index in [2.05, 4.69) is 46.2 Å². The fourth-order valence-electron chi connectivity index (χ4n) is 1.47. The summed E-state index contributed by atoms with van der Waals surface area (Å²) >= 11 is 0. The van der Waals surface area contributed by atoms with Crippen molar-refractivity contribution in [1.29, 1.82) is 0 Å². The Labute approximate surface area is 77.0 Å². The summed E-state index contributed by atoms with van der Waals surface area (Å²) in [6, 6.07) is 0. The molecule has 65 valence electrons. The molecule has 0 aromatic heterocycles. The van der Waals surface area contributed by atoms with Gasteiger partial charge in [-0.1, -0.05) is 50.9 Å². The van der Waals surface area contributed by atoms with E-state index in [1.807, 2.05) is 0 Å². The van der Waals surface area contributed by atoms with Gasteiger partial charge in [0.25, 0.3) is 0 Å². The van der Waals surface area contributed by atoms with Crippen molar-refractivity contribution in [3.8, 4) is 0 Å². The van der Waals surface area contributed by atoms with E-state index in [-0.39, 0.29) is 0 Å². The molecule has 1 rings (SSSR count). The van der Waals surface area contributed by atoms with Crippen LogP contribution in [0.25, 0.3) is 0 Å². The van der Waals surface area contributed by atoms with Crippen LogP contribution in [0.4, 0.5) is 0 Å². The summed E-state index contributed by atoms with van der Waals surface area (Å²) in [6.45, 7) is 6.65. The van der Waals surface area contributed by atoms with E-state index in [1.54, 1.807) is 0 Å². The third-order valence-electron chi connectivity index (χ3n) is 2.68. The second-order valence-corrected chi connectivity index (χ2v) is 3.86. The maximum Gasteiger partial charge on any atom is 0.119 e. The van der Waals surface area contributed by atoms with Crippen LogP contribution in [0.1, 0.15) is 33.1 Å². The van der Waals surface area contributed by atoms with Crippen LogP contribution >= 0.6 is 0 Å². The van der Waals surface area contributed by atoms with Crippen LogP contribution in [0.2, 0.25) is 12.1 Å². The Hall–Kier alpha value is -0.455. The van der Waals surface area contributed by atoms with Gasteiger partial charge in [0.1, 0.15) is 7.28 Å². The van der Waals surface area contributed by atoms with Crippen LogP contribution in [0.3, 0.4) is 0 Å². The van der Waals surface area contributed by atoms with Crippen LogP contribution in [0.15, 0.2) is 23.8 Å². The highest BCUT2D eigenvalue weighted by molar-refractivity contribution is 6.39. The molecule has 0 bridgehead atoms. The Balaban J connectivity index is 2.55. The summed E-state index contributed by atoms with van der Waals surface area (Å²) in [5.74, 6) is 0. The lowest BCUT2D eigenvalue weighted by Crippen LogP contribution is -2.12. The minimum absolute atomic E-state index is 0.317. The molecule has 1 aliphatic carbocycles. The highest BCUT2D eigenvalue weighted by Crippen LogP contribution is 2.35. The molecule has 0 amide bonds. The first-order chi connectivity index (χ1) is 5.70. The molecule has 0 fully saturated rings. The molecule has 1 radical (unpaired) electrons. The largest absolute Gasteiger partial charge is 0.119 e. The van der Waals surface area contributed by atoms with Crippen LogP contribution in [0.5, 0.6) is 0 Å². The number of allylic oxidation sites excluding steroid dienone is 4. The first-order valence-electron chi connectivity index (χ1n) is 4.89. The first kappa shape index (κ1) is 9.63. The van der Waals surface area contributed by atoms with E-state index in [4.69, 9.17) is 0 Å². The van der Waals surface area contributed by atoms with Gasteiger partial charge in [-0.15, -0.1) is 0 Å². The summed E-state index contributed by atoms with van der Waals surface area (Å²) in [5.41, 5.74) is 1.51. The van der Waals surface area contributed by atoms with E-state index in [9.17, 15) is 0 Å². The van der Waals surface area contributed by atoms with Gasteiger partial charge in [0, 0.05) is 0 Å². The molecular weight excluding hydrogens is 143 g/mol. The van der Waals surface area contributed by atoms with Gasteiger partial charge in [-0.05, 0) is 18.2 Å². The van der Waals surface area contributed by atoms with E-state index in [1.165, 1.54) is 24.8 Å². The lowest BCUT2D eigenvalue weighted by Gasteiger charge is -2.25. The fraction of sp³-hybridized carbons (Fsp3) is 0.636. The summed E-state index contributed by atoms with van der Waals surface area (Å²) in [6.07, 6.45) is 10.7. The van der Waals surface area contributed by atoms with E-state index in [0.717, 1.165) is 0 Å². The van der Waals surface area contributed by atoms with Crippen molar-refractivity contribution in [2.24, 2.45) is 0 Å². The Kier molecular flexibility index (Phi) is 3.19. The molecule has 0 spiro atoms. The highest BCUT2D eigenvalue weighted by atomic mass is 14.2. The molecule has 0 aromatic carbocycles. The number of hydrogen-bond acceptors (Lipinski definition) is 0. The summed E-state index contributed by atoms with van der Waals surface area (Å²) in [5, 5.41) is 0.317. The highest BCUT2D eigenvalue weighted by Gasteiger charge is 2.19.